The first-order chi connectivity index (χ1) is 15.1. The zero-order chi connectivity index (χ0) is 22.1. The first-order valence-corrected chi connectivity index (χ1v) is 11.3. The van der Waals surface area contributed by atoms with Crippen molar-refractivity contribution in [1.29, 1.82) is 0 Å². The second kappa shape index (κ2) is 11.1. The molecular formula is C26H34N2O3. The Hall–Kier alpha value is -2.66. The second-order valence-electron chi connectivity index (χ2n) is 8.46. The summed E-state index contributed by atoms with van der Waals surface area (Å²) in [5.41, 5.74) is 0.723. The monoisotopic (exact) mass is 422 g/mol. The number of unbranched alkanes of at least 4 members (excludes halogenated alkanes) is 1. The summed E-state index contributed by atoms with van der Waals surface area (Å²) in [5.74, 6) is -0.379. The molecule has 0 unspecified atom stereocenters. The van der Waals surface area contributed by atoms with Gasteiger partial charge in [0.05, 0.1) is 11.5 Å². The highest BCUT2D eigenvalue weighted by atomic mass is 16.5. The second-order valence-corrected chi connectivity index (χ2v) is 8.46. The molecule has 1 aliphatic rings. The van der Waals surface area contributed by atoms with Gasteiger partial charge in [-0.3, -0.25) is 9.59 Å². The van der Waals surface area contributed by atoms with Crippen LogP contribution in [0.2, 0.25) is 0 Å². The van der Waals surface area contributed by atoms with E-state index in [1.54, 1.807) is 19.2 Å². The van der Waals surface area contributed by atoms with E-state index in [4.69, 9.17) is 4.74 Å². The number of carbonyl (C=O) groups excluding carboxylic acids is 2. The summed E-state index contributed by atoms with van der Waals surface area (Å²) in [7, 11) is 1.70. The minimum atomic E-state index is -0.819. The van der Waals surface area contributed by atoms with E-state index in [1.165, 1.54) is 0 Å². The number of likely N-dealkylation sites (tertiary alicyclic amines) is 1. The average Bonchev–Trinajstić information content (AvgIpc) is 3.35. The molecule has 5 heteroatoms. The molecule has 31 heavy (non-hydrogen) atoms. The van der Waals surface area contributed by atoms with Crippen molar-refractivity contribution in [1.82, 2.24) is 10.2 Å². The lowest BCUT2D eigenvalue weighted by Crippen LogP contribution is -2.54. The van der Waals surface area contributed by atoms with E-state index in [0.717, 1.165) is 44.3 Å². The lowest BCUT2D eigenvalue weighted by Gasteiger charge is -2.40. The van der Waals surface area contributed by atoms with Gasteiger partial charge >= 0.3 is 0 Å². The van der Waals surface area contributed by atoms with Gasteiger partial charge in [-0.2, -0.15) is 0 Å². The Morgan fingerprint density at radius 3 is 2.23 bits per heavy atom. The van der Waals surface area contributed by atoms with Crippen molar-refractivity contribution in [2.24, 2.45) is 5.92 Å². The molecule has 1 N–H and O–H groups in total. The molecule has 0 radical (unpaired) electrons. The number of amides is 2. The van der Waals surface area contributed by atoms with E-state index in [9.17, 15) is 9.59 Å². The van der Waals surface area contributed by atoms with Crippen LogP contribution in [0.1, 0.15) is 54.9 Å². The van der Waals surface area contributed by atoms with Gasteiger partial charge in [-0.15, -0.1) is 0 Å². The zero-order valence-corrected chi connectivity index (χ0v) is 18.7. The molecule has 166 valence electrons. The number of nitrogens with one attached hydrogen (secondary N) is 1. The SMILES string of the molecule is COCCCC[C@H](C(=O)N1CCCC1)[C@](C)(NC(=O)c1ccccc1)c1ccccc1. The molecule has 0 aromatic heterocycles. The van der Waals surface area contributed by atoms with Crippen LogP contribution in [0.3, 0.4) is 0 Å². The summed E-state index contributed by atoms with van der Waals surface area (Å²) in [6.07, 6.45) is 4.53. The van der Waals surface area contributed by atoms with E-state index < -0.39 is 5.54 Å². The summed E-state index contributed by atoms with van der Waals surface area (Å²) >= 11 is 0. The highest BCUT2D eigenvalue weighted by Crippen LogP contribution is 2.35. The summed E-state index contributed by atoms with van der Waals surface area (Å²) in [6.45, 7) is 4.26. The third-order valence-electron chi connectivity index (χ3n) is 6.29. The quantitative estimate of drug-likeness (QED) is 0.578. The molecular weight excluding hydrogens is 388 g/mol. The van der Waals surface area contributed by atoms with Gasteiger partial charge in [0.2, 0.25) is 5.91 Å². The van der Waals surface area contributed by atoms with Crippen LogP contribution in [0.15, 0.2) is 60.7 Å². The van der Waals surface area contributed by atoms with Crippen LogP contribution >= 0.6 is 0 Å². The molecule has 2 aromatic carbocycles. The predicted molar refractivity (Wildman–Crippen MR) is 123 cm³/mol. The van der Waals surface area contributed by atoms with Crippen LogP contribution in [-0.2, 0) is 15.1 Å². The zero-order valence-electron chi connectivity index (χ0n) is 18.7. The Morgan fingerprint density at radius 1 is 1.00 bits per heavy atom. The minimum Gasteiger partial charge on any atom is -0.385 e. The average molecular weight is 423 g/mol. The van der Waals surface area contributed by atoms with Crippen molar-refractivity contribution in [3.63, 3.8) is 0 Å². The fourth-order valence-electron chi connectivity index (χ4n) is 4.45. The summed E-state index contributed by atoms with van der Waals surface area (Å²) < 4.78 is 5.21. The van der Waals surface area contributed by atoms with Crippen LogP contribution in [0.25, 0.3) is 0 Å². The van der Waals surface area contributed by atoms with Gasteiger partial charge in [0.1, 0.15) is 0 Å². The van der Waals surface area contributed by atoms with Crippen molar-refractivity contribution in [2.75, 3.05) is 26.8 Å². The van der Waals surface area contributed by atoms with Crippen molar-refractivity contribution in [3.05, 3.63) is 71.8 Å². The highest BCUT2D eigenvalue weighted by Gasteiger charge is 2.43. The van der Waals surface area contributed by atoms with Gasteiger partial charge in [0.25, 0.3) is 5.91 Å². The molecule has 5 nitrogen and oxygen atoms in total. The maximum atomic E-state index is 13.7. The number of hydrogen-bond acceptors (Lipinski definition) is 3. The number of benzene rings is 2. The van der Waals surface area contributed by atoms with Crippen LogP contribution in [0.4, 0.5) is 0 Å². The number of methoxy groups -OCH3 is 1. The largest absolute Gasteiger partial charge is 0.385 e. The number of ether oxygens (including phenoxy) is 1. The molecule has 1 aliphatic heterocycles. The third-order valence-corrected chi connectivity index (χ3v) is 6.29. The van der Waals surface area contributed by atoms with E-state index in [0.29, 0.717) is 18.6 Å². The van der Waals surface area contributed by atoms with Crippen molar-refractivity contribution in [2.45, 2.75) is 44.6 Å². The molecule has 3 rings (SSSR count). The summed E-state index contributed by atoms with van der Waals surface area (Å²) in [4.78, 5) is 28.9. The minimum absolute atomic E-state index is 0.134. The van der Waals surface area contributed by atoms with E-state index in [2.05, 4.69) is 5.32 Å². The third kappa shape index (κ3) is 5.73. The van der Waals surface area contributed by atoms with E-state index in [1.807, 2.05) is 60.4 Å². The number of rotatable bonds is 10. The van der Waals surface area contributed by atoms with Crippen LogP contribution in [-0.4, -0.2) is 43.5 Å². The molecule has 2 aromatic rings. The molecule has 2 amide bonds. The lowest BCUT2D eigenvalue weighted by molar-refractivity contribution is -0.137. The van der Waals surface area contributed by atoms with Crippen LogP contribution in [0.5, 0.6) is 0 Å². The first kappa shape index (κ1) is 23.0. The van der Waals surface area contributed by atoms with Crippen LogP contribution < -0.4 is 5.32 Å². The molecule has 0 bridgehead atoms. The maximum Gasteiger partial charge on any atom is 0.251 e. The molecule has 1 heterocycles. The fraction of sp³-hybridized carbons (Fsp3) is 0.462. The Bertz CT molecular complexity index is 834. The van der Waals surface area contributed by atoms with Gasteiger partial charge < -0.3 is 15.0 Å². The van der Waals surface area contributed by atoms with Crippen molar-refractivity contribution < 1.29 is 14.3 Å². The Labute approximate surface area is 185 Å². The summed E-state index contributed by atoms with van der Waals surface area (Å²) in [6, 6.07) is 19.1. The van der Waals surface area contributed by atoms with Gasteiger partial charge in [0, 0.05) is 32.4 Å². The highest BCUT2D eigenvalue weighted by molar-refractivity contribution is 5.95. The predicted octanol–water partition coefficient (Wildman–Crippen LogP) is 4.39. The van der Waals surface area contributed by atoms with E-state index in [-0.39, 0.29) is 17.7 Å². The van der Waals surface area contributed by atoms with Crippen LogP contribution in [0, 0.1) is 5.92 Å². The van der Waals surface area contributed by atoms with Gasteiger partial charge in [0.15, 0.2) is 0 Å². The molecule has 1 saturated heterocycles. The molecule has 1 fully saturated rings. The van der Waals surface area contributed by atoms with Gasteiger partial charge in [-0.25, -0.2) is 0 Å². The Balaban J connectivity index is 1.95. The van der Waals surface area contributed by atoms with Gasteiger partial charge in [-0.1, -0.05) is 55.0 Å². The molecule has 0 saturated carbocycles. The number of nitrogens with zero attached hydrogens (tertiary/aromatic N) is 1. The normalized spacial score (nSPS) is 16.5. The summed E-state index contributed by atoms with van der Waals surface area (Å²) in [5, 5.41) is 3.25. The Morgan fingerprint density at radius 2 is 1.61 bits per heavy atom. The molecule has 0 aliphatic carbocycles. The molecule has 2 atom stereocenters. The molecule has 0 spiro atoms. The smallest absolute Gasteiger partial charge is 0.251 e. The van der Waals surface area contributed by atoms with Crippen molar-refractivity contribution in [3.8, 4) is 0 Å². The van der Waals surface area contributed by atoms with Crippen molar-refractivity contribution >= 4 is 11.8 Å². The number of carbonyl (C=O) groups is 2. The topological polar surface area (TPSA) is 58.6 Å². The first-order valence-electron chi connectivity index (χ1n) is 11.3. The maximum absolute atomic E-state index is 13.7. The standard InChI is InChI=1S/C26H34N2O3/c1-26(22-15-7-4-8-16-22,27-24(29)21-13-5-3-6-14-21)23(17-9-12-20-31-2)25(30)28-18-10-11-19-28/h3-8,13-16,23H,9-12,17-20H2,1-2H3,(H,27,29)/t23-,26-/m1/s1. The fourth-order valence-corrected chi connectivity index (χ4v) is 4.45. The van der Waals surface area contributed by atoms with E-state index >= 15 is 0 Å². The number of hydrogen-bond donors (Lipinski definition) is 1. The Kier molecular flexibility index (Phi) is 8.24. The lowest BCUT2D eigenvalue weighted by atomic mass is 9.75. The van der Waals surface area contributed by atoms with Gasteiger partial charge in [-0.05, 0) is 50.3 Å².